The second-order valence-corrected chi connectivity index (χ2v) is 9.08. The van der Waals surface area contributed by atoms with E-state index in [9.17, 15) is 4.79 Å². The highest BCUT2D eigenvalue weighted by molar-refractivity contribution is 5.97. The van der Waals surface area contributed by atoms with Gasteiger partial charge in [0, 0.05) is 50.1 Å². The Balaban J connectivity index is 1.20. The van der Waals surface area contributed by atoms with Gasteiger partial charge in [-0.3, -0.25) is 4.79 Å². The first-order valence-corrected chi connectivity index (χ1v) is 10.9. The van der Waals surface area contributed by atoms with Gasteiger partial charge in [-0.1, -0.05) is 5.21 Å². The molecule has 8 heteroatoms. The van der Waals surface area contributed by atoms with Crippen molar-refractivity contribution in [3.8, 4) is 0 Å². The maximum atomic E-state index is 13.2. The third-order valence-corrected chi connectivity index (χ3v) is 7.19. The molecule has 1 amide bonds. The summed E-state index contributed by atoms with van der Waals surface area (Å²) < 4.78 is 7.89. The number of ether oxygens (including phenoxy) is 1. The van der Waals surface area contributed by atoms with E-state index >= 15 is 0 Å². The van der Waals surface area contributed by atoms with Gasteiger partial charge in [0.25, 0.3) is 5.91 Å². The summed E-state index contributed by atoms with van der Waals surface area (Å²) in [4.78, 5) is 22.6. The van der Waals surface area contributed by atoms with Crippen molar-refractivity contribution in [2.45, 2.75) is 43.7 Å². The number of hydrogen-bond donors (Lipinski definition) is 1. The molecule has 0 radical (unpaired) electrons. The second kappa shape index (κ2) is 6.91. The molecule has 3 aliphatic rings. The lowest BCUT2D eigenvalue weighted by Crippen LogP contribution is -2.37. The number of methoxy groups -OCH3 is 1. The van der Waals surface area contributed by atoms with E-state index in [0.717, 1.165) is 42.7 Å². The second-order valence-electron chi connectivity index (χ2n) is 9.08. The Morgan fingerprint density at radius 1 is 1.23 bits per heavy atom. The van der Waals surface area contributed by atoms with E-state index in [0.29, 0.717) is 23.3 Å². The number of pyridine rings is 1. The molecular formula is C22H26N6O2. The van der Waals surface area contributed by atoms with E-state index in [-0.39, 0.29) is 18.1 Å². The summed E-state index contributed by atoms with van der Waals surface area (Å²) in [6, 6.07) is 4.06. The van der Waals surface area contributed by atoms with Crippen molar-refractivity contribution < 1.29 is 9.53 Å². The van der Waals surface area contributed by atoms with Gasteiger partial charge in [-0.25, -0.2) is 9.67 Å². The van der Waals surface area contributed by atoms with Gasteiger partial charge in [-0.05, 0) is 49.7 Å². The number of fused-ring (bicyclic) bond motifs is 2. The highest BCUT2D eigenvalue weighted by Crippen LogP contribution is 2.44. The minimum absolute atomic E-state index is 0.0716. The Morgan fingerprint density at radius 2 is 2.07 bits per heavy atom. The van der Waals surface area contributed by atoms with E-state index in [1.165, 1.54) is 12.8 Å². The van der Waals surface area contributed by atoms with E-state index < -0.39 is 0 Å². The van der Waals surface area contributed by atoms with Crippen molar-refractivity contribution in [3.05, 3.63) is 42.0 Å². The number of carbonyl (C=O) groups excluding carboxylic acids is 1. The molecule has 3 aromatic rings. The Kier molecular flexibility index (Phi) is 4.16. The minimum Gasteiger partial charge on any atom is -0.379 e. The fourth-order valence-electron chi connectivity index (χ4n) is 5.35. The van der Waals surface area contributed by atoms with Crippen LogP contribution in [0.2, 0.25) is 0 Å². The monoisotopic (exact) mass is 406 g/mol. The predicted molar refractivity (Wildman–Crippen MR) is 110 cm³/mol. The van der Waals surface area contributed by atoms with Crippen LogP contribution in [0, 0.1) is 11.8 Å². The van der Waals surface area contributed by atoms with Gasteiger partial charge in [0.1, 0.15) is 5.65 Å². The third kappa shape index (κ3) is 3.01. The molecule has 3 aromatic heterocycles. The maximum Gasteiger partial charge on any atom is 0.255 e. The Hall–Kier alpha value is -2.74. The molecule has 1 saturated heterocycles. The van der Waals surface area contributed by atoms with Gasteiger partial charge in [-0.2, -0.15) is 0 Å². The number of nitrogens with one attached hydrogen (secondary N) is 1. The van der Waals surface area contributed by atoms with Crippen LogP contribution in [0.15, 0.2) is 30.7 Å². The topological polar surface area (TPSA) is 88.9 Å². The summed E-state index contributed by atoms with van der Waals surface area (Å²) in [5.74, 6) is 1.59. The fourth-order valence-corrected chi connectivity index (χ4v) is 5.35. The van der Waals surface area contributed by atoms with Crippen LogP contribution in [-0.2, 0) is 4.74 Å². The van der Waals surface area contributed by atoms with Crippen molar-refractivity contribution >= 4 is 16.9 Å². The number of hydrogen-bond acceptors (Lipinski definition) is 5. The molecule has 2 saturated carbocycles. The molecule has 1 aliphatic heterocycles. The Morgan fingerprint density at radius 3 is 2.87 bits per heavy atom. The zero-order valence-electron chi connectivity index (χ0n) is 17.1. The van der Waals surface area contributed by atoms with E-state index in [1.807, 2.05) is 27.9 Å². The average molecular weight is 406 g/mol. The van der Waals surface area contributed by atoms with E-state index in [4.69, 9.17) is 4.74 Å². The number of aromatic nitrogens is 5. The smallest absolute Gasteiger partial charge is 0.255 e. The number of amides is 1. The van der Waals surface area contributed by atoms with Crippen molar-refractivity contribution in [2.75, 3.05) is 20.2 Å². The number of likely N-dealkylation sites (tertiary alicyclic amines) is 1. The lowest BCUT2D eigenvalue weighted by molar-refractivity contribution is -0.00546. The number of aromatic amines is 1. The van der Waals surface area contributed by atoms with Gasteiger partial charge < -0.3 is 14.6 Å². The summed E-state index contributed by atoms with van der Waals surface area (Å²) in [7, 11) is 1.78. The molecule has 0 spiro atoms. The van der Waals surface area contributed by atoms with Crippen LogP contribution in [0.5, 0.6) is 0 Å². The summed E-state index contributed by atoms with van der Waals surface area (Å²) in [6.07, 6.45) is 10.1. The van der Waals surface area contributed by atoms with Gasteiger partial charge in [0.05, 0.1) is 23.4 Å². The molecule has 4 atom stereocenters. The van der Waals surface area contributed by atoms with Crippen LogP contribution in [-0.4, -0.2) is 62.1 Å². The van der Waals surface area contributed by atoms with Crippen LogP contribution in [0.1, 0.15) is 53.7 Å². The lowest BCUT2D eigenvalue weighted by atomic mass is 9.77. The Labute approximate surface area is 174 Å². The first kappa shape index (κ1) is 18.1. The largest absolute Gasteiger partial charge is 0.379 e. The summed E-state index contributed by atoms with van der Waals surface area (Å²) in [5.41, 5.74) is 2.58. The maximum absolute atomic E-state index is 13.2. The lowest BCUT2D eigenvalue weighted by Gasteiger charge is -2.36. The molecule has 4 heterocycles. The molecule has 156 valence electrons. The molecule has 0 bridgehead atoms. The molecule has 6 rings (SSSR count). The number of carbonyl (C=O) groups is 1. The van der Waals surface area contributed by atoms with Gasteiger partial charge >= 0.3 is 0 Å². The molecule has 0 unspecified atom stereocenters. The zero-order valence-corrected chi connectivity index (χ0v) is 17.1. The third-order valence-electron chi connectivity index (χ3n) is 7.19. The predicted octanol–water partition coefficient (Wildman–Crippen LogP) is 2.77. The van der Waals surface area contributed by atoms with E-state index in [2.05, 4.69) is 26.5 Å². The molecule has 2 aliphatic carbocycles. The molecule has 1 N–H and O–H groups in total. The van der Waals surface area contributed by atoms with Crippen LogP contribution in [0.25, 0.3) is 11.0 Å². The first-order valence-electron chi connectivity index (χ1n) is 10.9. The first-order chi connectivity index (χ1) is 14.7. The number of H-pyrrole nitrogens is 1. The molecule has 8 nitrogen and oxygen atoms in total. The highest BCUT2D eigenvalue weighted by atomic mass is 16.5. The molecule has 0 aromatic carbocycles. The minimum atomic E-state index is 0.0716. The quantitative estimate of drug-likeness (QED) is 0.720. The molecular weight excluding hydrogens is 380 g/mol. The summed E-state index contributed by atoms with van der Waals surface area (Å²) >= 11 is 0. The zero-order chi connectivity index (χ0) is 20.2. The normalized spacial score (nSPS) is 28.8. The number of rotatable bonds is 4. The van der Waals surface area contributed by atoms with Gasteiger partial charge in [0.15, 0.2) is 0 Å². The molecule has 3 fully saturated rings. The SMILES string of the molecule is CO[C@@H]1C[C@H]2CN(C(=O)c3cnc4[nH]ccc4c3)C[C@H]2C[C@H]1n1cc(C2CC2)nn1. The fraction of sp³-hybridized carbons (Fsp3) is 0.545. The Bertz CT molecular complexity index is 1090. The van der Waals surface area contributed by atoms with Crippen molar-refractivity contribution in [3.63, 3.8) is 0 Å². The van der Waals surface area contributed by atoms with Gasteiger partial charge in [0.2, 0.25) is 0 Å². The highest BCUT2D eigenvalue weighted by Gasteiger charge is 2.45. The van der Waals surface area contributed by atoms with Gasteiger partial charge in [-0.15, -0.1) is 5.10 Å². The van der Waals surface area contributed by atoms with Crippen molar-refractivity contribution in [1.29, 1.82) is 0 Å². The van der Waals surface area contributed by atoms with Crippen LogP contribution >= 0.6 is 0 Å². The average Bonchev–Trinajstić information content (AvgIpc) is 3.18. The van der Waals surface area contributed by atoms with Crippen LogP contribution in [0.4, 0.5) is 0 Å². The van der Waals surface area contributed by atoms with Crippen molar-refractivity contribution in [2.24, 2.45) is 11.8 Å². The molecule has 30 heavy (non-hydrogen) atoms. The summed E-state index contributed by atoms with van der Waals surface area (Å²) in [6.45, 7) is 1.57. The number of nitrogens with zero attached hydrogens (tertiary/aromatic N) is 5. The van der Waals surface area contributed by atoms with Crippen LogP contribution in [0.3, 0.4) is 0 Å². The summed E-state index contributed by atoms with van der Waals surface area (Å²) in [5, 5.41) is 9.80. The van der Waals surface area contributed by atoms with E-state index in [1.54, 1.807) is 13.3 Å². The van der Waals surface area contributed by atoms with Crippen molar-refractivity contribution in [1.82, 2.24) is 29.9 Å². The van der Waals surface area contributed by atoms with Crippen LogP contribution < -0.4 is 0 Å². The standard InChI is InChI=1S/C22H26N6O2/c1-30-20-8-17-11-27(22(29)15-6-14-4-5-23-21(14)24-9-15)10-16(17)7-19(20)28-12-18(25-26-28)13-2-3-13/h4-6,9,12-13,16-17,19-20H,2-3,7-8,10-11H2,1H3,(H,23,24)/t16-,17+,19-,20-/m1/s1.